The third-order valence-electron chi connectivity index (χ3n) is 2.78. The van der Waals surface area contributed by atoms with Crippen LogP contribution in [0, 0.1) is 12.8 Å². The van der Waals surface area contributed by atoms with Crippen LogP contribution in [0.1, 0.15) is 36.2 Å². The molecule has 1 rings (SSSR count). The Bertz CT molecular complexity index is 487. The number of carbonyl (C=O) groups excluding carboxylic acids is 2. The zero-order chi connectivity index (χ0) is 15.1. The fourth-order valence-corrected chi connectivity index (χ4v) is 2.06. The van der Waals surface area contributed by atoms with Gasteiger partial charge in [-0.05, 0) is 40.4 Å². The average Bonchev–Trinajstić information content (AvgIpc) is 2.39. The molecule has 5 heteroatoms. The number of benzene rings is 1. The molecule has 0 saturated carbocycles. The Morgan fingerprint density at radius 2 is 1.95 bits per heavy atom. The van der Waals surface area contributed by atoms with Crippen molar-refractivity contribution >= 4 is 27.7 Å². The lowest BCUT2D eigenvalue weighted by molar-refractivity contribution is -0.121. The summed E-state index contributed by atoms with van der Waals surface area (Å²) < 4.78 is 0.793. The van der Waals surface area contributed by atoms with Gasteiger partial charge in [0.05, 0.1) is 5.56 Å². The quantitative estimate of drug-likeness (QED) is 0.836. The molecule has 0 aliphatic carbocycles. The highest BCUT2D eigenvalue weighted by molar-refractivity contribution is 9.10. The van der Waals surface area contributed by atoms with Crippen LogP contribution < -0.4 is 10.6 Å². The van der Waals surface area contributed by atoms with Gasteiger partial charge in [-0.25, -0.2) is 0 Å². The monoisotopic (exact) mass is 340 g/mol. The van der Waals surface area contributed by atoms with Crippen molar-refractivity contribution in [3.05, 3.63) is 33.8 Å². The molecule has 0 heterocycles. The second kappa shape index (κ2) is 8.04. The molecule has 0 bridgehead atoms. The van der Waals surface area contributed by atoms with E-state index in [-0.39, 0.29) is 11.8 Å². The number of carbonyl (C=O) groups is 2. The first-order chi connectivity index (χ1) is 9.41. The molecule has 0 aliphatic rings. The number of hydrogen-bond acceptors (Lipinski definition) is 2. The van der Waals surface area contributed by atoms with Gasteiger partial charge in [-0.2, -0.15) is 0 Å². The topological polar surface area (TPSA) is 58.2 Å². The molecule has 2 N–H and O–H groups in total. The van der Waals surface area contributed by atoms with E-state index >= 15 is 0 Å². The van der Waals surface area contributed by atoms with E-state index in [9.17, 15) is 9.59 Å². The highest BCUT2D eigenvalue weighted by atomic mass is 79.9. The summed E-state index contributed by atoms with van der Waals surface area (Å²) in [4.78, 5) is 23.5. The smallest absolute Gasteiger partial charge is 0.252 e. The molecular weight excluding hydrogens is 320 g/mol. The van der Waals surface area contributed by atoms with Crippen LogP contribution in [0.3, 0.4) is 0 Å². The summed E-state index contributed by atoms with van der Waals surface area (Å²) in [5, 5.41) is 5.57. The van der Waals surface area contributed by atoms with E-state index in [2.05, 4.69) is 26.6 Å². The Morgan fingerprint density at radius 1 is 1.25 bits per heavy atom. The summed E-state index contributed by atoms with van der Waals surface area (Å²) in [5.74, 6) is 0.219. The number of hydrogen-bond donors (Lipinski definition) is 2. The van der Waals surface area contributed by atoms with E-state index in [1.807, 2.05) is 32.9 Å². The Labute approximate surface area is 128 Å². The SMILES string of the molecule is Cc1cccc(C(=O)NCCC(=O)NCC(C)C)c1Br. The van der Waals surface area contributed by atoms with E-state index in [0.717, 1.165) is 10.0 Å². The largest absolute Gasteiger partial charge is 0.356 e. The number of halogens is 1. The maximum Gasteiger partial charge on any atom is 0.252 e. The Kier molecular flexibility index (Phi) is 6.71. The summed E-state index contributed by atoms with van der Waals surface area (Å²) in [7, 11) is 0. The number of aryl methyl sites for hydroxylation is 1. The molecule has 1 aromatic carbocycles. The second-order valence-corrected chi connectivity index (χ2v) is 5.93. The van der Waals surface area contributed by atoms with Crippen molar-refractivity contribution in [1.29, 1.82) is 0 Å². The summed E-state index contributed by atoms with van der Waals surface area (Å²) in [5.41, 5.74) is 1.60. The van der Waals surface area contributed by atoms with Crippen LogP contribution >= 0.6 is 15.9 Å². The molecule has 0 radical (unpaired) electrons. The Hall–Kier alpha value is -1.36. The maximum atomic E-state index is 12.0. The Balaban J connectivity index is 2.40. The molecule has 20 heavy (non-hydrogen) atoms. The van der Waals surface area contributed by atoms with Gasteiger partial charge in [0.15, 0.2) is 0 Å². The summed E-state index contributed by atoms with van der Waals surface area (Å²) in [6, 6.07) is 5.52. The number of nitrogens with one attached hydrogen (secondary N) is 2. The number of amides is 2. The predicted octanol–water partition coefficient (Wildman–Crippen LogP) is 2.65. The van der Waals surface area contributed by atoms with E-state index in [0.29, 0.717) is 31.0 Å². The van der Waals surface area contributed by atoms with Gasteiger partial charge >= 0.3 is 0 Å². The molecule has 1 aromatic rings. The molecule has 0 aromatic heterocycles. The third-order valence-corrected chi connectivity index (χ3v) is 3.83. The maximum absolute atomic E-state index is 12.0. The lowest BCUT2D eigenvalue weighted by atomic mass is 10.1. The Morgan fingerprint density at radius 3 is 2.60 bits per heavy atom. The molecule has 0 fully saturated rings. The van der Waals surface area contributed by atoms with Gasteiger partial charge in [0, 0.05) is 24.0 Å². The lowest BCUT2D eigenvalue weighted by Gasteiger charge is -2.09. The van der Waals surface area contributed by atoms with Crippen LogP contribution in [-0.4, -0.2) is 24.9 Å². The molecular formula is C15H21BrN2O2. The van der Waals surface area contributed by atoms with Crippen molar-refractivity contribution in [2.45, 2.75) is 27.2 Å². The lowest BCUT2D eigenvalue weighted by Crippen LogP contribution is -2.32. The summed E-state index contributed by atoms with van der Waals surface area (Å²) >= 11 is 3.40. The first-order valence-electron chi connectivity index (χ1n) is 6.71. The van der Waals surface area contributed by atoms with Gasteiger partial charge in [0.1, 0.15) is 0 Å². The van der Waals surface area contributed by atoms with Crippen molar-refractivity contribution in [1.82, 2.24) is 10.6 Å². The van der Waals surface area contributed by atoms with Crippen LogP contribution in [0.5, 0.6) is 0 Å². The van der Waals surface area contributed by atoms with Crippen molar-refractivity contribution in [2.24, 2.45) is 5.92 Å². The molecule has 2 amide bonds. The van der Waals surface area contributed by atoms with Crippen LogP contribution in [0.4, 0.5) is 0 Å². The van der Waals surface area contributed by atoms with Crippen LogP contribution in [0.2, 0.25) is 0 Å². The van der Waals surface area contributed by atoms with Gasteiger partial charge in [0.2, 0.25) is 5.91 Å². The standard InChI is InChI=1S/C15H21BrN2O2/c1-10(2)9-18-13(19)7-8-17-15(20)12-6-4-5-11(3)14(12)16/h4-6,10H,7-9H2,1-3H3,(H,17,20)(H,18,19). The molecule has 0 atom stereocenters. The average molecular weight is 341 g/mol. The first kappa shape index (κ1) is 16.7. The van der Waals surface area contributed by atoms with Gasteiger partial charge < -0.3 is 10.6 Å². The number of rotatable bonds is 6. The zero-order valence-corrected chi connectivity index (χ0v) is 13.7. The van der Waals surface area contributed by atoms with E-state index in [1.54, 1.807) is 6.07 Å². The first-order valence-corrected chi connectivity index (χ1v) is 7.51. The molecule has 4 nitrogen and oxygen atoms in total. The highest BCUT2D eigenvalue weighted by Crippen LogP contribution is 2.20. The normalized spacial score (nSPS) is 10.4. The minimum atomic E-state index is -0.169. The van der Waals surface area contributed by atoms with E-state index in [4.69, 9.17) is 0 Å². The van der Waals surface area contributed by atoms with Crippen LogP contribution in [-0.2, 0) is 4.79 Å². The van der Waals surface area contributed by atoms with Gasteiger partial charge in [-0.15, -0.1) is 0 Å². The zero-order valence-electron chi connectivity index (χ0n) is 12.1. The van der Waals surface area contributed by atoms with Gasteiger partial charge in [-0.3, -0.25) is 9.59 Å². The molecule has 0 spiro atoms. The molecule has 0 saturated heterocycles. The fourth-order valence-electron chi connectivity index (χ4n) is 1.61. The summed E-state index contributed by atoms with van der Waals surface area (Å²) in [6.07, 6.45) is 0.294. The van der Waals surface area contributed by atoms with Crippen molar-refractivity contribution in [3.8, 4) is 0 Å². The predicted molar refractivity (Wildman–Crippen MR) is 83.7 cm³/mol. The van der Waals surface area contributed by atoms with Crippen molar-refractivity contribution < 1.29 is 9.59 Å². The highest BCUT2D eigenvalue weighted by Gasteiger charge is 2.11. The van der Waals surface area contributed by atoms with Crippen molar-refractivity contribution in [2.75, 3.05) is 13.1 Å². The third kappa shape index (κ3) is 5.33. The van der Waals surface area contributed by atoms with Crippen molar-refractivity contribution in [3.63, 3.8) is 0 Å². The van der Waals surface area contributed by atoms with Gasteiger partial charge in [-0.1, -0.05) is 26.0 Å². The van der Waals surface area contributed by atoms with E-state index in [1.165, 1.54) is 0 Å². The fraction of sp³-hybridized carbons (Fsp3) is 0.467. The summed E-state index contributed by atoms with van der Waals surface area (Å²) in [6.45, 7) is 7.01. The minimum Gasteiger partial charge on any atom is -0.356 e. The van der Waals surface area contributed by atoms with Gasteiger partial charge in [0.25, 0.3) is 5.91 Å². The molecule has 110 valence electrons. The van der Waals surface area contributed by atoms with Crippen LogP contribution in [0.15, 0.2) is 22.7 Å². The molecule has 0 unspecified atom stereocenters. The van der Waals surface area contributed by atoms with E-state index < -0.39 is 0 Å². The second-order valence-electron chi connectivity index (χ2n) is 5.14. The van der Waals surface area contributed by atoms with Crippen LogP contribution in [0.25, 0.3) is 0 Å². The molecule has 0 aliphatic heterocycles. The minimum absolute atomic E-state index is 0.0395.